The van der Waals surface area contributed by atoms with Crippen LogP contribution in [0.3, 0.4) is 0 Å². The van der Waals surface area contributed by atoms with Gasteiger partial charge < -0.3 is 10.6 Å². The summed E-state index contributed by atoms with van der Waals surface area (Å²) in [5, 5.41) is 7.01. The molecule has 0 atom stereocenters. The average Bonchev–Trinajstić information content (AvgIpc) is 2.49. The zero-order valence-corrected chi connectivity index (χ0v) is 14.3. The molecule has 2 rings (SSSR count). The minimum atomic E-state index is -0.151. The lowest BCUT2D eigenvalue weighted by molar-refractivity contribution is 0.0963. The zero-order chi connectivity index (χ0) is 15.4. The first-order chi connectivity index (χ1) is 10.0. The maximum Gasteiger partial charge on any atom is 0.251 e. The molecule has 0 aliphatic rings. The Bertz CT molecular complexity index is 677. The fraction of sp³-hybridized carbons (Fsp3) is 0.133. The van der Waals surface area contributed by atoms with E-state index in [9.17, 15) is 4.79 Å². The molecule has 0 aliphatic carbocycles. The Labute approximate surface area is 141 Å². The van der Waals surface area contributed by atoms with Gasteiger partial charge in [-0.25, -0.2) is 0 Å². The van der Waals surface area contributed by atoms with E-state index in [2.05, 4.69) is 26.6 Å². The first-order valence-corrected chi connectivity index (χ1v) is 7.75. The van der Waals surface area contributed by atoms with Crippen molar-refractivity contribution in [2.24, 2.45) is 0 Å². The van der Waals surface area contributed by atoms with Crippen molar-refractivity contribution >= 4 is 50.7 Å². The number of halogens is 3. The highest BCUT2D eigenvalue weighted by Gasteiger charge is 2.07. The fourth-order valence-corrected chi connectivity index (χ4v) is 2.43. The van der Waals surface area contributed by atoms with E-state index >= 15 is 0 Å². The Morgan fingerprint density at radius 1 is 1.14 bits per heavy atom. The SMILES string of the molecule is CNC(=O)c1ccc(Cl)c(NCc2ccc(Br)c(Cl)c2)c1. The van der Waals surface area contributed by atoms with Crippen molar-refractivity contribution in [2.75, 3.05) is 12.4 Å². The van der Waals surface area contributed by atoms with Crippen LogP contribution in [0.2, 0.25) is 10.0 Å². The molecular weight excluding hydrogens is 375 g/mol. The maximum absolute atomic E-state index is 11.6. The third-order valence-corrected chi connectivity index (χ3v) is 4.48. The molecule has 6 heteroatoms. The lowest BCUT2D eigenvalue weighted by atomic mass is 10.1. The summed E-state index contributed by atoms with van der Waals surface area (Å²) in [5.74, 6) is -0.151. The van der Waals surface area contributed by atoms with E-state index in [0.29, 0.717) is 27.8 Å². The molecule has 21 heavy (non-hydrogen) atoms. The monoisotopic (exact) mass is 386 g/mol. The summed E-state index contributed by atoms with van der Waals surface area (Å²) in [6, 6.07) is 10.8. The molecule has 0 heterocycles. The molecule has 0 aromatic heterocycles. The highest BCUT2D eigenvalue weighted by Crippen LogP contribution is 2.26. The second-order valence-corrected chi connectivity index (χ2v) is 6.04. The van der Waals surface area contributed by atoms with Crippen LogP contribution in [0.4, 0.5) is 5.69 Å². The van der Waals surface area contributed by atoms with Gasteiger partial charge in [-0.2, -0.15) is 0 Å². The van der Waals surface area contributed by atoms with E-state index in [1.807, 2.05) is 18.2 Å². The highest BCUT2D eigenvalue weighted by atomic mass is 79.9. The second-order valence-electron chi connectivity index (χ2n) is 4.38. The van der Waals surface area contributed by atoms with Crippen molar-refractivity contribution in [3.63, 3.8) is 0 Å². The van der Waals surface area contributed by atoms with Gasteiger partial charge in [0.1, 0.15) is 0 Å². The molecule has 0 saturated carbocycles. The predicted molar refractivity (Wildman–Crippen MR) is 91.3 cm³/mol. The highest BCUT2D eigenvalue weighted by molar-refractivity contribution is 9.10. The molecule has 0 spiro atoms. The topological polar surface area (TPSA) is 41.1 Å². The van der Waals surface area contributed by atoms with Crippen LogP contribution in [-0.4, -0.2) is 13.0 Å². The number of hydrogen-bond acceptors (Lipinski definition) is 2. The largest absolute Gasteiger partial charge is 0.380 e. The van der Waals surface area contributed by atoms with E-state index in [-0.39, 0.29) is 5.91 Å². The summed E-state index contributed by atoms with van der Waals surface area (Å²) < 4.78 is 0.854. The van der Waals surface area contributed by atoms with Gasteiger partial charge >= 0.3 is 0 Å². The molecular formula is C15H13BrCl2N2O. The second kappa shape index (κ2) is 7.16. The fourth-order valence-electron chi connectivity index (χ4n) is 1.79. The molecule has 2 N–H and O–H groups in total. The number of hydrogen-bond donors (Lipinski definition) is 2. The number of carbonyl (C=O) groups excluding carboxylic acids is 1. The third-order valence-electron chi connectivity index (χ3n) is 2.92. The van der Waals surface area contributed by atoms with Crippen LogP contribution in [-0.2, 0) is 6.54 Å². The molecule has 0 radical (unpaired) electrons. The van der Waals surface area contributed by atoms with E-state index < -0.39 is 0 Å². The lowest BCUT2D eigenvalue weighted by Gasteiger charge is -2.11. The first-order valence-electron chi connectivity index (χ1n) is 6.20. The number of carbonyl (C=O) groups is 1. The molecule has 0 bridgehead atoms. The van der Waals surface area contributed by atoms with Crippen molar-refractivity contribution in [1.29, 1.82) is 0 Å². The minimum absolute atomic E-state index is 0.151. The van der Waals surface area contributed by atoms with E-state index in [0.717, 1.165) is 10.0 Å². The lowest BCUT2D eigenvalue weighted by Crippen LogP contribution is -2.17. The summed E-state index contributed by atoms with van der Waals surface area (Å²) in [6.07, 6.45) is 0. The number of rotatable bonds is 4. The molecule has 0 fully saturated rings. The Morgan fingerprint density at radius 3 is 2.57 bits per heavy atom. The van der Waals surface area contributed by atoms with Crippen molar-refractivity contribution < 1.29 is 4.79 Å². The molecule has 0 saturated heterocycles. The van der Waals surface area contributed by atoms with Crippen LogP contribution < -0.4 is 10.6 Å². The van der Waals surface area contributed by atoms with Crippen LogP contribution in [0, 0.1) is 0 Å². The van der Waals surface area contributed by atoms with Crippen LogP contribution in [0.25, 0.3) is 0 Å². The molecule has 0 unspecified atom stereocenters. The van der Waals surface area contributed by atoms with Gasteiger partial charge in [0.2, 0.25) is 0 Å². The number of benzene rings is 2. The van der Waals surface area contributed by atoms with Gasteiger partial charge in [-0.05, 0) is 51.8 Å². The predicted octanol–water partition coefficient (Wildman–Crippen LogP) is 4.73. The third kappa shape index (κ3) is 4.13. The molecule has 0 aliphatic heterocycles. The van der Waals surface area contributed by atoms with Gasteiger partial charge in [-0.1, -0.05) is 29.3 Å². The smallest absolute Gasteiger partial charge is 0.251 e. The minimum Gasteiger partial charge on any atom is -0.380 e. The van der Waals surface area contributed by atoms with Gasteiger partial charge in [-0.15, -0.1) is 0 Å². The van der Waals surface area contributed by atoms with Crippen LogP contribution in [0.5, 0.6) is 0 Å². The molecule has 2 aromatic rings. The zero-order valence-electron chi connectivity index (χ0n) is 11.2. The Kier molecular flexibility index (Phi) is 5.51. The molecule has 3 nitrogen and oxygen atoms in total. The first kappa shape index (κ1) is 16.1. The standard InChI is InChI=1S/C15H13BrCl2N2O/c1-19-15(21)10-3-5-12(17)14(7-10)20-8-9-2-4-11(16)13(18)6-9/h2-7,20H,8H2,1H3,(H,19,21). The van der Waals surface area contributed by atoms with Gasteiger partial charge in [0.25, 0.3) is 5.91 Å². The summed E-state index contributed by atoms with van der Waals surface area (Å²) in [7, 11) is 1.59. The summed E-state index contributed by atoms with van der Waals surface area (Å²) in [5.41, 5.74) is 2.28. The molecule has 1 amide bonds. The normalized spacial score (nSPS) is 10.3. The van der Waals surface area contributed by atoms with Crippen molar-refractivity contribution in [3.05, 3.63) is 62.0 Å². The van der Waals surface area contributed by atoms with Crippen LogP contribution in [0.1, 0.15) is 15.9 Å². The van der Waals surface area contributed by atoms with Crippen molar-refractivity contribution in [2.45, 2.75) is 6.54 Å². The summed E-state index contributed by atoms with van der Waals surface area (Å²) in [6.45, 7) is 0.559. The molecule has 2 aromatic carbocycles. The van der Waals surface area contributed by atoms with Crippen LogP contribution in [0.15, 0.2) is 40.9 Å². The number of anilines is 1. The van der Waals surface area contributed by atoms with Gasteiger partial charge in [-0.3, -0.25) is 4.79 Å². The molecule has 110 valence electrons. The van der Waals surface area contributed by atoms with Crippen molar-refractivity contribution in [3.8, 4) is 0 Å². The maximum atomic E-state index is 11.6. The summed E-state index contributed by atoms with van der Waals surface area (Å²) in [4.78, 5) is 11.6. The van der Waals surface area contributed by atoms with E-state index in [1.165, 1.54) is 0 Å². The number of nitrogens with one attached hydrogen (secondary N) is 2. The Morgan fingerprint density at radius 2 is 1.90 bits per heavy atom. The van der Waals surface area contributed by atoms with Gasteiger partial charge in [0.05, 0.1) is 15.7 Å². The van der Waals surface area contributed by atoms with E-state index in [4.69, 9.17) is 23.2 Å². The van der Waals surface area contributed by atoms with Crippen LogP contribution >= 0.6 is 39.1 Å². The quantitative estimate of drug-likeness (QED) is 0.796. The Hall–Kier alpha value is -1.23. The number of amides is 1. The van der Waals surface area contributed by atoms with Gasteiger partial charge in [0, 0.05) is 23.6 Å². The summed E-state index contributed by atoms with van der Waals surface area (Å²) >= 11 is 15.6. The Balaban J connectivity index is 2.15. The van der Waals surface area contributed by atoms with E-state index in [1.54, 1.807) is 25.2 Å². The van der Waals surface area contributed by atoms with Crippen molar-refractivity contribution in [1.82, 2.24) is 5.32 Å². The van der Waals surface area contributed by atoms with Gasteiger partial charge in [0.15, 0.2) is 0 Å². The average molecular weight is 388 g/mol.